The standard InChI is InChI=1S/C20H23N5O2/c26-18-16(21-6-7-22-18)19(27)23-17-14-10-24-8-9-25(11-14)13-20(17,12-24)15-4-2-1-3-5-15/h1-7,14,17H,8-13H2,(H,22,26)(H,23,27). The van der Waals surface area contributed by atoms with E-state index in [4.69, 9.17) is 0 Å². The first kappa shape index (κ1) is 16.6. The molecule has 140 valence electrons. The first-order chi connectivity index (χ1) is 13.2. The fraction of sp³-hybridized carbons (Fsp3) is 0.450. The van der Waals surface area contributed by atoms with Crippen molar-refractivity contribution in [3.63, 3.8) is 0 Å². The number of hydrogen-bond acceptors (Lipinski definition) is 5. The van der Waals surface area contributed by atoms with Crippen molar-refractivity contribution in [2.75, 3.05) is 39.3 Å². The molecule has 0 radical (unpaired) electrons. The van der Waals surface area contributed by atoms with Crippen LogP contribution in [0, 0.1) is 5.92 Å². The predicted octanol–water partition coefficient (Wildman–Crippen LogP) is 0.0673. The first-order valence-corrected chi connectivity index (χ1v) is 9.50. The van der Waals surface area contributed by atoms with Gasteiger partial charge in [-0.2, -0.15) is 0 Å². The minimum atomic E-state index is -0.447. The largest absolute Gasteiger partial charge is 0.346 e. The van der Waals surface area contributed by atoms with Gasteiger partial charge in [-0.1, -0.05) is 30.3 Å². The molecule has 7 nitrogen and oxygen atoms in total. The van der Waals surface area contributed by atoms with Gasteiger partial charge in [-0.25, -0.2) is 4.98 Å². The van der Waals surface area contributed by atoms with Gasteiger partial charge >= 0.3 is 0 Å². The molecule has 4 aliphatic heterocycles. The van der Waals surface area contributed by atoms with Gasteiger partial charge in [0.25, 0.3) is 11.5 Å². The fourth-order valence-corrected chi connectivity index (χ4v) is 5.29. The zero-order chi connectivity index (χ0) is 18.4. The van der Waals surface area contributed by atoms with Crippen molar-refractivity contribution in [1.29, 1.82) is 0 Å². The molecular formula is C20H23N5O2. The van der Waals surface area contributed by atoms with Crippen molar-refractivity contribution in [2.24, 2.45) is 5.92 Å². The van der Waals surface area contributed by atoms with Crippen LogP contribution in [0.2, 0.25) is 0 Å². The molecule has 1 aromatic heterocycles. The average molecular weight is 365 g/mol. The molecule has 3 atom stereocenters. The predicted molar refractivity (Wildman–Crippen MR) is 101 cm³/mol. The molecule has 2 N–H and O–H groups in total. The van der Waals surface area contributed by atoms with Crippen molar-refractivity contribution in [3.8, 4) is 0 Å². The van der Waals surface area contributed by atoms with E-state index < -0.39 is 5.56 Å². The number of carbonyl (C=O) groups excluding carboxylic acids is 1. The number of hydrogen-bond donors (Lipinski definition) is 2. The molecule has 0 aliphatic carbocycles. The van der Waals surface area contributed by atoms with E-state index in [0.717, 1.165) is 39.3 Å². The highest BCUT2D eigenvalue weighted by Crippen LogP contribution is 2.43. The van der Waals surface area contributed by atoms with Gasteiger partial charge in [0, 0.05) is 69.0 Å². The monoisotopic (exact) mass is 365 g/mol. The Morgan fingerprint density at radius 3 is 2.52 bits per heavy atom. The molecule has 1 aromatic carbocycles. The fourth-order valence-electron chi connectivity index (χ4n) is 5.29. The van der Waals surface area contributed by atoms with E-state index in [1.54, 1.807) is 0 Å². The third-order valence-electron chi connectivity index (χ3n) is 6.35. The molecule has 4 fully saturated rings. The van der Waals surface area contributed by atoms with Gasteiger partial charge in [0.1, 0.15) is 0 Å². The Hall–Kier alpha value is -2.51. The van der Waals surface area contributed by atoms with Gasteiger partial charge in [-0.3, -0.25) is 9.59 Å². The van der Waals surface area contributed by atoms with Gasteiger partial charge in [0.15, 0.2) is 5.69 Å². The van der Waals surface area contributed by atoms with Gasteiger partial charge in [0.05, 0.1) is 0 Å². The second-order valence-corrected chi connectivity index (χ2v) is 7.97. The highest BCUT2D eigenvalue weighted by atomic mass is 16.2. The molecule has 5 heterocycles. The number of carbonyl (C=O) groups is 1. The Morgan fingerprint density at radius 2 is 1.85 bits per heavy atom. The summed E-state index contributed by atoms with van der Waals surface area (Å²) in [6.45, 7) is 5.96. The van der Waals surface area contributed by atoms with Crippen LogP contribution < -0.4 is 10.9 Å². The van der Waals surface area contributed by atoms with Crippen LogP contribution in [-0.4, -0.2) is 71.0 Å². The van der Waals surface area contributed by atoms with Crippen LogP contribution >= 0.6 is 0 Å². The van der Waals surface area contributed by atoms with Gasteiger partial charge < -0.3 is 20.1 Å². The summed E-state index contributed by atoms with van der Waals surface area (Å²) in [5, 5.41) is 3.21. The summed E-state index contributed by atoms with van der Waals surface area (Å²) < 4.78 is 0. The average Bonchev–Trinajstić information content (AvgIpc) is 2.94. The zero-order valence-electron chi connectivity index (χ0n) is 15.1. The maximum atomic E-state index is 12.9. The minimum absolute atomic E-state index is 0.0144. The van der Waals surface area contributed by atoms with Crippen LogP contribution in [0.5, 0.6) is 0 Å². The molecule has 27 heavy (non-hydrogen) atoms. The number of rotatable bonds is 3. The van der Waals surface area contributed by atoms with E-state index in [-0.39, 0.29) is 23.1 Å². The van der Waals surface area contributed by atoms with E-state index in [1.165, 1.54) is 18.0 Å². The quantitative estimate of drug-likeness (QED) is 0.804. The van der Waals surface area contributed by atoms with Crippen LogP contribution in [0.25, 0.3) is 0 Å². The van der Waals surface area contributed by atoms with Gasteiger partial charge in [-0.05, 0) is 5.56 Å². The molecule has 4 saturated heterocycles. The lowest BCUT2D eigenvalue weighted by atomic mass is 9.64. The van der Waals surface area contributed by atoms with E-state index in [2.05, 4.69) is 49.4 Å². The SMILES string of the molecule is O=C(NC1C2CN3CCN(C2)CC1(c1ccccc1)C3)c1ncc[nH]c1=O. The maximum absolute atomic E-state index is 12.9. The second kappa shape index (κ2) is 6.28. The lowest BCUT2D eigenvalue weighted by Crippen LogP contribution is -2.70. The number of nitrogens with zero attached hydrogens (tertiary/aromatic N) is 3. The maximum Gasteiger partial charge on any atom is 0.279 e. The molecule has 1 amide bonds. The molecule has 3 unspecified atom stereocenters. The lowest BCUT2D eigenvalue weighted by molar-refractivity contribution is 0.0179. The first-order valence-electron chi connectivity index (χ1n) is 9.50. The van der Waals surface area contributed by atoms with Crippen LogP contribution in [0.3, 0.4) is 0 Å². The molecule has 0 spiro atoms. The van der Waals surface area contributed by atoms with E-state index in [0.29, 0.717) is 5.92 Å². The van der Waals surface area contributed by atoms with Crippen LogP contribution in [-0.2, 0) is 5.41 Å². The molecule has 4 aliphatic rings. The van der Waals surface area contributed by atoms with E-state index in [1.807, 2.05) is 6.07 Å². The Bertz CT molecular complexity index is 896. The highest BCUT2D eigenvalue weighted by Gasteiger charge is 2.55. The van der Waals surface area contributed by atoms with Crippen LogP contribution in [0.4, 0.5) is 0 Å². The summed E-state index contributed by atoms with van der Waals surface area (Å²) in [4.78, 5) is 36.5. The van der Waals surface area contributed by atoms with Crippen LogP contribution in [0.15, 0.2) is 47.5 Å². The smallest absolute Gasteiger partial charge is 0.279 e. The van der Waals surface area contributed by atoms with Crippen molar-refractivity contribution >= 4 is 5.91 Å². The van der Waals surface area contributed by atoms with Crippen molar-refractivity contribution < 1.29 is 4.79 Å². The number of nitrogens with one attached hydrogen (secondary N) is 2. The highest BCUT2D eigenvalue weighted by molar-refractivity contribution is 5.92. The van der Waals surface area contributed by atoms with E-state index >= 15 is 0 Å². The van der Waals surface area contributed by atoms with Crippen LogP contribution in [0.1, 0.15) is 16.1 Å². The minimum Gasteiger partial charge on any atom is -0.346 e. The molecule has 7 heteroatoms. The third-order valence-corrected chi connectivity index (χ3v) is 6.35. The van der Waals surface area contributed by atoms with Gasteiger partial charge in [-0.15, -0.1) is 0 Å². The third kappa shape index (κ3) is 2.69. The molecule has 4 bridgehead atoms. The number of benzene rings is 1. The number of aromatic amines is 1. The number of piperidine rings is 2. The number of H-pyrrole nitrogens is 1. The lowest BCUT2D eigenvalue weighted by Gasteiger charge is -2.55. The number of amides is 1. The van der Waals surface area contributed by atoms with Gasteiger partial charge in [0.2, 0.25) is 0 Å². The Labute approximate surface area is 157 Å². The molecular weight excluding hydrogens is 342 g/mol. The summed E-state index contributed by atoms with van der Waals surface area (Å²) >= 11 is 0. The summed E-state index contributed by atoms with van der Waals surface area (Å²) in [6, 6.07) is 10.5. The van der Waals surface area contributed by atoms with Crippen molar-refractivity contribution in [3.05, 3.63) is 64.3 Å². The summed E-state index contributed by atoms with van der Waals surface area (Å²) in [7, 11) is 0. The molecule has 0 saturated carbocycles. The summed E-state index contributed by atoms with van der Waals surface area (Å²) in [5.74, 6) is -0.0461. The summed E-state index contributed by atoms with van der Waals surface area (Å²) in [5.41, 5.74) is 0.577. The zero-order valence-corrected chi connectivity index (χ0v) is 15.1. The van der Waals surface area contributed by atoms with Crippen molar-refractivity contribution in [1.82, 2.24) is 25.1 Å². The van der Waals surface area contributed by atoms with Crippen molar-refractivity contribution in [2.45, 2.75) is 11.5 Å². The number of fused-ring (bicyclic) bond motifs is 1. The second-order valence-electron chi connectivity index (χ2n) is 7.97. The summed E-state index contributed by atoms with van der Waals surface area (Å²) in [6.07, 6.45) is 2.89. The topological polar surface area (TPSA) is 81.3 Å². The molecule has 6 rings (SSSR count). The Morgan fingerprint density at radius 1 is 1.15 bits per heavy atom. The Balaban J connectivity index is 1.55. The van der Waals surface area contributed by atoms with E-state index in [9.17, 15) is 9.59 Å². The molecule has 2 aromatic rings. The number of aromatic nitrogens is 2. The Kier molecular flexibility index (Phi) is 3.87. The normalized spacial score (nSPS) is 34.2.